The van der Waals surface area contributed by atoms with E-state index in [1.807, 2.05) is 49.4 Å². The van der Waals surface area contributed by atoms with Gasteiger partial charge in [0.2, 0.25) is 0 Å². The highest BCUT2D eigenvalue weighted by atomic mass is 35.5. The SMILES string of the molecule is Cc1ccc(C(N)Cc2cccc(Cl)c2)c(Cl)c1. The molecule has 2 aromatic carbocycles. The van der Waals surface area contributed by atoms with Crippen LogP contribution < -0.4 is 5.73 Å². The molecule has 0 radical (unpaired) electrons. The third kappa shape index (κ3) is 3.26. The van der Waals surface area contributed by atoms with E-state index in [2.05, 4.69) is 0 Å². The smallest absolute Gasteiger partial charge is 0.0456 e. The average molecular weight is 280 g/mol. The van der Waals surface area contributed by atoms with E-state index in [4.69, 9.17) is 28.9 Å². The first-order chi connectivity index (χ1) is 8.56. The Morgan fingerprint density at radius 1 is 1.11 bits per heavy atom. The highest BCUT2D eigenvalue weighted by Crippen LogP contribution is 2.25. The molecule has 0 amide bonds. The number of aryl methyl sites for hydroxylation is 1. The van der Waals surface area contributed by atoms with Crippen molar-refractivity contribution in [2.75, 3.05) is 0 Å². The molecule has 2 N–H and O–H groups in total. The molecule has 1 nitrogen and oxygen atoms in total. The molecule has 0 saturated heterocycles. The molecule has 0 aromatic heterocycles. The van der Waals surface area contributed by atoms with Gasteiger partial charge in [0.15, 0.2) is 0 Å². The predicted octanol–water partition coefficient (Wildman–Crippen LogP) is 4.54. The Morgan fingerprint density at radius 2 is 1.89 bits per heavy atom. The molecule has 0 aliphatic heterocycles. The molecule has 0 aliphatic rings. The van der Waals surface area contributed by atoms with Gasteiger partial charge in [-0.3, -0.25) is 0 Å². The Hall–Kier alpha value is -1.02. The van der Waals surface area contributed by atoms with Crippen LogP contribution in [-0.2, 0) is 6.42 Å². The summed E-state index contributed by atoms with van der Waals surface area (Å²) >= 11 is 12.2. The lowest BCUT2D eigenvalue weighted by Gasteiger charge is -2.14. The van der Waals surface area contributed by atoms with E-state index < -0.39 is 0 Å². The second-order valence-corrected chi connectivity index (χ2v) is 5.31. The third-order valence-corrected chi connectivity index (χ3v) is 3.46. The van der Waals surface area contributed by atoms with Crippen LogP contribution in [0.4, 0.5) is 0 Å². The zero-order valence-corrected chi connectivity index (χ0v) is 11.7. The van der Waals surface area contributed by atoms with Crippen LogP contribution in [0.25, 0.3) is 0 Å². The average Bonchev–Trinajstić information content (AvgIpc) is 2.28. The van der Waals surface area contributed by atoms with Crippen LogP contribution in [0.5, 0.6) is 0 Å². The van der Waals surface area contributed by atoms with Crippen LogP contribution in [0.3, 0.4) is 0 Å². The summed E-state index contributed by atoms with van der Waals surface area (Å²) in [6.45, 7) is 2.01. The fraction of sp³-hybridized carbons (Fsp3) is 0.200. The molecule has 0 spiro atoms. The lowest BCUT2D eigenvalue weighted by Crippen LogP contribution is -2.13. The summed E-state index contributed by atoms with van der Waals surface area (Å²) in [6.07, 6.45) is 0.726. The van der Waals surface area contributed by atoms with Crippen molar-refractivity contribution in [2.45, 2.75) is 19.4 Å². The fourth-order valence-corrected chi connectivity index (χ4v) is 2.55. The summed E-state index contributed by atoms with van der Waals surface area (Å²) in [6, 6.07) is 13.6. The molecule has 0 saturated carbocycles. The molecular weight excluding hydrogens is 265 g/mol. The van der Waals surface area contributed by atoms with Gasteiger partial charge in [-0.15, -0.1) is 0 Å². The topological polar surface area (TPSA) is 26.0 Å². The largest absolute Gasteiger partial charge is 0.324 e. The summed E-state index contributed by atoms with van der Waals surface area (Å²) in [4.78, 5) is 0. The van der Waals surface area contributed by atoms with Crippen LogP contribution in [0.1, 0.15) is 22.7 Å². The summed E-state index contributed by atoms with van der Waals surface area (Å²) in [5, 5.41) is 1.46. The second-order valence-electron chi connectivity index (χ2n) is 4.47. The van der Waals surface area contributed by atoms with Crippen molar-refractivity contribution >= 4 is 23.2 Å². The summed E-state index contributed by atoms with van der Waals surface area (Å²) in [7, 11) is 0. The first-order valence-electron chi connectivity index (χ1n) is 5.82. The van der Waals surface area contributed by atoms with Crippen molar-refractivity contribution in [2.24, 2.45) is 5.73 Å². The van der Waals surface area contributed by atoms with Crippen molar-refractivity contribution in [1.29, 1.82) is 0 Å². The molecule has 1 unspecified atom stereocenters. The van der Waals surface area contributed by atoms with E-state index >= 15 is 0 Å². The minimum Gasteiger partial charge on any atom is -0.324 e. The molecule has 0 heterocycles. The Kier molecular flexibility index (Phi) is 4.28. The molecule has 1 atom stereocenters. The van der Waals surface area contributed by atoms with E-state index in [1.54, 1.807) is 0 Å². The lowest BCUT2D eigenvalue weighted by molar-refractivity contribution is 0.722. The van der Waals surface area contributed by atoms with E-state index in [1.165, 1.54) is 0 Å². The Morgan fingerprint density at radius 3 is 2.56 bits per heavy atom. The maximum absolute atomic E-state index is 6.22. The van der Waals surface area contributed by atoms with Crippen LogP contribution in [0.2, 0.25) is 10.0 Å². The van der Waals surface area contributed by atoms with Crippen LogP contribution >= 0.6 is 23.2 Å². The third-order valence-electron chi connectivity index (χ3n) is 2.90. The molecule has 0 fully saturated rings. The Balaban J connectivity index is 2.19. The minimum absolute atomic E-state index is 0.114. The summed E-state index contributed by atoms with van der Waals surface area (Å²) in [5.41, 5.74) is 9.43. The monoisotopic (exact) mass is 279 g/mol. The van der Waals surface area contributed by atoms with Gasteiger partial charge in [0.25, 0.3) is 0 Å². The number of hydrogen-bond donors (Lipinski definition) is 1. The molecular formula is C15H15Cl2N. The standard InChI is InChI=1S/C15H15Cl2N/c1-10-5-6-13(14(17)7-10)15(18)9-11-3-2-4-12(16)8-11/h2-8,15H,9,18H2,1H3. The maximum Gasteiger partial charge on any atom is 0.0456 e. The quantitative estimate of drug-likeness (QED) is 0.877. The Labute approximate surface area is 118 Å². The zero-order valence-electron chi connectivity index (χ0n) is 10.2. The molecule has 2 rings (SSSR count). The number of benzene rings is 2. The molecule has 0 aliphatic carbocycles. The van der Waals surface area contributed by atoms with E-state index in [0.29, 0.717) is 0 Å². The number of hydrogen-bond acceptors (Lipinski definition) is 1. The predicted molar refractivity (Wildman–Crippen MR) is 78.3 cm³/mol. The first kappa shape index (κ1) is 13.4. The number of nitrogens with two attached hydrogens (primary N) is 1. The maximum atomic E-state index is 6.22. The van der Waals surface area contributed by atoms with Gasteiger partial charge >= 0.3 is 0 Å². The highest BCUT2D eigenvalue weighted by molar-refractivity contribution is 6.31. The second kappa shape index (κ2) is 5.75. The molecule has 0 bridgehead atoms. The molecule has 3 heteroatoms. The van der Waals surface area contributed by atoms with Gasteiger partial charge < -0.3 is 5.73 Å². The minimum atomic E-state index is -0.114. The van der Waals surface area contributed by atoms with Crippen molar-refractivity contribution in [3.8, 4) is 0 Å². The van der Waals surface area contributed by atoms with Crippen molar-refractivity contribution < 1.29 is 0 Å². The van der Waals surface area contributed by atoms with Gasteiger partial charge in [0.05, 0.1) is 0 Å². The van der Waals surface area contributed by atoms with E-state index in [-0.39, 0.29) is 6.04 Å². The van der Waals surface area contributed by atoms with Crippen LogP contribution in [-0.4, -0.2) is 0 Å². The van der Waals surface area contributed by atoms with Crippen molar-refractivity contribution in [3.05, 3.63) is 69.2 Å². The van der Waals surface area contributed by atoms with Gasteiger partial charge in [-0.2, -0.15) is 0 Å². The van der Waals surface area contributed by atoms with E-state index in [0.717, 1.165) is 33.2 Å². The van der Waals surface area contributed by atoms with Gasteiger partial charge in [-0.25, -0.2) is 0 Å². The molecule has 94 valence electrons. The zero-order chi connectivity index (χ0) is 13.1. The summed E-state index contributed by atoms with van der Waals surface area (Å²) in [5.74, 6) is 0. The van der Waals surface area contributed by atoms with Gasteiger partial charge in [-0.1, -0.05) is 47.5 Å². The van der Waals surface area contributed by atoms with Gasteiger partial charge in [-0.05, 0) is 48.2 Å². The van der Waals surface area contributed by atoms with Crippen molar-refractivity contribution in [1.82, 2.24) is 0 Å². The van der Waals surface area contributed by atoms with Crippen LogP contribution in [0, 0.1) is 6.92 Å². The summed E-state index contributed by atoms with van der Waals surface area (Å²) < 4.78 is 0. The Bertz CT molecular complexity index is 552. The first-order valence-corrected chi connectivity index (χ1v) is 6.58. The lowest BCUT2D eigenvalue weighted by atomic mass is 9.99. The normalized spacial score (nSPS) is 12.4. The van der Waals surface area contributed by atoms with Crippen molar-refractivity contribution in [3.63, 3.8) is 0 Å². The molecule has 2 aromatic rings. The highest BCUT2D eigenvalue weighted by Gasteiger charge is 2.11. The van der Waals surface area contributed by atoms with Gasteiger partial charge in [0.1, 0.15) is 0 Å². The number of rotatable bonds is 3. The molecule has 18 heavy (non-hydrogen) atoms. The number of halogens is 2. The van der Waals surface area contributed by atoms with E-state index in [9.17, 15) is 0 Å². The fourth-order valence-electron chi connectivity index (χ4n) is 1.96. The van der Waals surface area contributed by atoms with Crippen LogP contribution in [0.15, 0.2) is 42.5 Å². The van der Waals surface area contributed by atoms with Gasteiger partial charge in [0, 0.05) is 16.1 Å².